The van der Waals surface area contributed by atoms with Crippen LogP contribution in [0.5, 0.6) is 23.1 Å². The summed E-state index contributed by atoms with van der Waals surface area (Å²) >= 11 is 0. The normalized spacial score (nSPS) is 12.2. The van der Waals surface area contributed by atoms with E-state index in [1.165, 1.54) is 6.20 Å². The van der Waals surface area contributed by atoms with Crippen LogP contribution < -0.4 is 14.2 Å². The number of nitrogens with zero attached hydrogens (tertiary/aromatic N) is 1. The van der Waals surface area contributed by atoms with E-state index in [1.54, 1.807) is 31.2 Å². The Hall–Kier alpha value is -2.76. The van der Waals surface area contributed by atoms with Crippen molar-refractivity contribution in [2.24, 2.45) is 0 Å². The lowest BCUT2D eigenvalue weighted by Crippen LogP contribution is -2.04. The molecule has 0 spiro atoms. The topological polar surface area (TPSA) is 77.9 Å². The molecule has 0 saturated carbocycles. The molecular formula is C14H11NO5. The maximum Gasteiger partial charge on any atom is 0.341 e. The summed E-state index contributed by atoms with van der Waals surface area (Å²) in [7, 11) is 0. The first-order valence-electron chi connectivity index (χ1n) is 5.91. The van der Waals surface area contributed by atoms with Crippen LogP contribution >= 0.6 is 0 Å². The summed E-state index contributed by atoms with van der Waals surface area (Å²) in [5.41, 5.74) is 0.633. The van der Waals surface area contributed by atoms with Crippen molar-refractivity contribution in [3.8, 4) is 23.1 Å². The molecule has 2 heterocycles. The van der Waals surface area contributed by atoms with Crippen LogP contribution in [0.25, 0.3) is 0 Å². The maximum absolute atomic E-state index is 11.3. The smallest absolute Gasteiger partial charge is 0.341 e. The number of carboxylic acids is 1. The fourth-order valence-corrected chi connectivity index (χ4v) is 1.92. The Bertz CT molecular complexity index is 683. The molecule has 2 aromatic rings. The molecule has 102 valence electrons. The number of rotatable bonds is 3. The molecule has 0 fully saturated rings. The summed E-state index contributed by atoms with van der Waals surface area (Å²) in [4.78, 5) is 15.2. The fraction of sp³-hybridized carbons (Fsp3) is 0.143. The summed E-state index contributed by atoms with van der Waals surface area (Å²) in [6, 6.07) is 6.63. The Kier molecular flexibility index (Phi) is 2.90. The third-order valence-corrected chi connectivity index (χ3v) is 2.90. The van der Waals surface area contributed by atoms with Gasteiger partial charge in [0, 0.05) is 12.3 Å². The molecule has 1 aromatic carbocycles. The molecule has 20 heavy (non-hydrogen) atoms. The summed E-state index contributed by atoms with van der Waals surface area (Å²) in [6.45, 7) is 1.86. The lowest BCUT2D eigenvalue weighted by atomic mass is 10.1. The van der Waals surface area contributed by atoms with Crippen LogP contribution in [0, 0.1) is 6.92 Å². The third-order valence-electron chi connectivity index (χ3n) is 2.90. The van der Waals surface area contributed by atoms with E-state index in [0.717, 1.165) is 0 Å². The molecule has 1 N–H and O–H groups in total. The summed E-state index contributed by atoms with van der Waals surface area (Å²) in [5.74, 6) is 0.609. The maximum atomic E-state index is 11.3. The van der Waals surface area contributed by atoms with Crippen LogP contribution in [0.15, 0.2) is 30.5 Å². The number of ether oxygens (including phenoxy) is 3. The number of aromatic carboxylic acids is 1. The largest absolute Gasteiger partial charge is 0.477 e. The highest BCUT2D eigenvalue weighted by atomic mass is 16.7. The van der Waals surface area contributed by atoms with Crippen molar-refractivity contribution >= 4 is 5.97 Å². The first-order valence-corrected chi connectivity index (χ1v) is 5.91. The number of pyridine rings is 1. The summed E-state index contributed by atoms with van der Waals surface area (Å²) in [6.07, 6.45) is 1.50. The molecule has 1 aliphatic heterocycles. The number of carbonyl (C=O) groups is 1. The van der Waals surface area contributed by atoms with Crippen LogP contribution in [-0.4, -0.2) is 22.9 Å². The van der Waals surface area contributed by atoms with Gasteiger partial charge in [-0.3, -0.25) is 0 Å². The predicted octanol–water partition coefficient (Wildman–Crippen LogP) is 2.61. The number of aryl methyl sites for hydroxylation is 1. The van der Waals surface area contributed by atoms with Crippen molar-refractivity contribution in [3.05, 3.63) is 41.6 Å². The van der Waals surface area contributed by atoms with Gasteiger partial charge in [-0.1, -0.05) is 0 Å². The Morgan fingerprint density at radius 2 is 2.10 bits per heavy atom. The Morgan fingerprint density at radius 1 is 1.30 bits per heavy atom. The van der Waals surface area contributed by atoms with Gasteiger partial charge >= 0.3 is 5.97 Å². The van der Waals surface area contributed by atoms with Crippen LogP contribution in [0.4, 0.5) is 0 Å². The van der Waals surface area contributed by atoms with Gasteiger partial charge in [0.2, 0.25) is 12.7 Å². The highest BCUT2D eigenvalue weighted by molar-refractivity contribution is 5.91. The van der Waals surface area contributed by atoms with E-state index >= 15 is 0 Å². The average Bonchev–Trinajstić information content (AvgIpc) is 2.85. The molecule has 6 heteroatoms. The van der Waals surface area contributed by atoms with Crippen molar-refractivity contribution in [3.63, 3.8) is 0 Å². The molecule has 3 rings (SSSR count). The number of fused-ring (bicyclic) bond motifs is 1. The number of hydrogen-bond donors (Lipinski definition) is 1. The first-order chi connectivity index (χ1) is 9.65. The fourth-order valence-electron chi connectivity index (χ4n) is 1.92. The Labute approximate surface area is 114 Å². The minimum atomic E-state index is -1.08. The van der Waals surface area contributed by atoms with E-state index in [1.807, 2.05) is 0 Å². The highest BCUT2D eigenvalue weighted by Crippen LogP contribution is 2.36. The van der Waals surface area contributed by atoms with Crippen molar-refractivity contribution < 1.29 is 24.1 Å². The molecule has 0 radical (unpaired) electrons. The van der Waals surface area contributed by atoms with Gasteiger partial charge in [-0.2, -0.15) is 0 Å². The van der Waals surface area contributed by atoms with Crippen LogP contribution in [0.2, 0.25) is 0 Å². The van der Waals surface area contributed by atoms with Crippen LogP contribution in [0.3, 0.4) is 0 Å². The summed E-state index contributed by atoms with van der Waals surface area (Å²) in [5, 5.41) is 9.21. The van der Waals surface area contributed by atoms with Gasteiger partial charge in [-0.05, 0) is 30.7 Å². The lowest BCUT2D eigenvalue weighted by molar-refractivity contribution is 0.0692. The van der Waals surface area contributed by atoms with Gasteiger partial charge in [0.05, 0.1) is 0 Å². The van der Waals surface area contributed by atoms with Gasteiger partial charge in [-0.15, -0.1) is 0 Å². The molecule has 0 amide bonds. The second kappa shape index (κ2) is 4.73. The zero-order chi connectivity index (χ0) is 14.1. The predicted molar refractivity (Wildman–Crippen MR) is 68.6 cm³/mol. The minimum Gasteiger partial charge on any atom is -0.477 e. The van der Waals surface area contributed by atoms with Gasteiger partial charge in [0.15, 0.2) is 11.5 Å². The van der Waals surface area contributed by atoms with Gasteiger partial charge < -0.3 is 19.3 Å². The van der Waals surface area contributed by atoms with Crippen LogP contribution in [-0.2, 0) is 0 Å². The number of aromatic nitrogens is 1. The first kappa shape index (κ1) is 12.3. The summed E-state index contributed by atoms with van der Waals surface area (Å²) < 4.78 is 16.0. The molecule has 1 aliphatic rings. The molecule has 0 unspecified atom stereocenters. The quantitative estimate of drug-likeness (QED) is 0.926. The van der Waals surface area contributed by atoms with Gasteiger partial charge in [0.25, 0.3) is 0 Å². The standard InChI is InChI=1S/C14H11NO5/c1-8-4-5-15-13(12(8)14(16)17)20-9-2-3-10-11(6-9)19-7-18-10/h2-6H,7H2,1H3,(H,16,17). The SMILES string of the molecule is Cc1ccnc(Oc2ccc3c(c2)OCO3)c1C(=O)O. The van der Waals surface area contributed by atoms with Crippen molar-refractivity contribution in [1.29, 1.82) is 0 Å². The molecule has 1 aromatic heterocycles. The van der Waals surface area contributed by atoms with E-state index in [4.69, 9.17) is 14.2 Å². The number of hydrogen-bond acceptors (Lipinski definition) is 5. The number of benzene rings is 1. The van der Waals surface area contributed by atoms with E-state index in [2.05, 4.69) is 4.98 Å². The zero-order valence-electron chi connectivity index (χ0n) is 10.6. The number of carboxylic acid groups (broad SMARTS) is 1. The van der Waals surface area contributed by atoms with Crippen molar-refractivity contribution in [2.45, 2.75) is 6.92 Å². The second-order valence-corrected chi connectivity index (χ2v) is 4.23. The highest BCUT2D eigenvalue weighted by Gasteiger charge is 2.18. The Balaban J connectivity index is 1.95. The van der Waals surface area contributed by atoms with Gasteiger partial charge in [-0.25, -0.2) is 9.78 Å². The molecular weight excluding hydrogens is 262 g/mol. The average molecular weight is 273 g/mol. The Morgan fingerprint density at radius 3 is 2.90 bits per heavy atom. The second-order valence-electron chi connectivity index (χ2n) is 4.23. The van der Waals surface area contributed by atoms with Crippen molar-refractivity contribution in [1.82, 2.24) is 4.98 Å². The molecule has 6 nitrogen and oxygen atoms in total. The lowest BCUT2D eigenvalue weighted by Gasteiger charge is -2.09. The monoisotopic (exact) mass is 273 g/mol. The van der Waals surface area contributed by atoms with E-state index in [-0.39, 0.29) is 18.2 Å². The van der Waals surface area contributed by atoms with Crippen molar-refractivity contribution in [2.75, 3.05) is 6.79 Å². The van der Waals surface area contributed by atoms with E-state index in [9.17, 15) is 9.90 Å². The van der Waals surface area contributed by atoms with Gasteiger partial charge in [0.1, 0.15) is 11.3 Å². The molecule has 0 bridgehead atoms. The molecule has 0 aliphatic carbocycles. The minimum absolute atomic E-state index is 0.0465. The zero-order valence-corrected chi connectivity index (χ0v) is 10.6. The van der Waals surface area contributed by atoms with E-state index < -0.39 is 5.97 Å². The van der Waals surface area contributed by atoms with Crippen LogP contribution in [0.1, 0.15) is 15.9 Å². The molecule has 0 atom stereocenters. The molecule has 0 saturated heterocycles. The van der Waals surface area contributed by atoms with E-state index in [0.29, 0.717) is 22.8 Å². The third kappa shape index (κ3) is 2.11.